The Balaban J connectivity index is 2.41. The van der Waals surface area contributed by atoms with Gasteiger partial charge in [-0.15, -0.1) is 0 Å². The molecule has 0 heterocycles. The summed E-state index contributed by atoms with van der Waals surface area (Å²) in [6, 6.07) is 13.0. The highest BCUT2D eigenvalue weighted by atomic mass is 127. The Morgan fingerprint density at radius 3 is 2.56 bits per heavy atom. The third-order valence-electron chi connectivity index (χ3n) is 3.53. The summed E-state index contributed by atoms with van der Waals surface area (Å²) in [6.07, 6.45) is 1.50. The summed E-state index contributed by atoms with van der Waals surface area (Å²) in [4.78, 5) is 12.5. The molecular formula is C19H17IN2O3. The number of hydrogen-bond acceptors (Lipinski definition) is 4. The molecule has 0 aliphatic heterocycles. The topological polar surface area (TPSA) is 71.3 Å². The largest absolute Gasteiger partial charge is 0.493 e. The van der Waals surface area contributed by atoms with Crippen LogP contribution in [0.1, 0.15) is 11.1 Å². The van der Waals surface area contributed by atoms with E-state index in [1.165, 1.54) is 20.3 Å². The molecule has 6 heteroatoms. The molecule has 5 nitrogen and oxygen atoms in total. The number of carbonyl (C=O) groups is 1. The number of nitrogens with one attached hydrogen (secondary N) is 1. The quantitative estimate of drug-likeness (QED) is 0.424. The van der Waals surface area contributed by atoms with Gasteiger partial charge in [-0.05, 0) is 59.4 Å². The van der Waals surface area contributed by atoms with Crippen molar-refractivity contribution in [2.24, 2.45) is 0 Å². The molecule has 0 aliphatic carbocycles. The molecule has 0 unspecified atom stereocenters. The van der Waals surface area contributed by atoms with Crippen molar-refractivity contribution in [3.8, 4) is 17.6 Å². The average molecular weight is 448 g/mol. The maximum Gasteiger partial charge on any atom is 0.266 e. The van der Waals surface area contributed by atoms with Crippen molar-refractivity contribution in [1.29, 1.82) is 5.26 Å². The first-order chi connectivity index (χ1) is 12.0. The van der Waals surface area contributed by atoms with Crippen molar-refractivity contribution in [2.45, 2.75) is 6.92 Å². The van der Waals surface area contributed by atoms with Crippen LogP contribution in [0.15, 0.2) is 42.0 Å². The lowest BCUT2D eigenvalue weighted by atomic mass is 10.1. The molecule has 0 saturated carbocycles. The first kappa shape index (κ1) is 18.8. The second kappa shape index (κ2) is 8.53. The van der Waals surface area contributed by atoms with E-state index in [0.29, 0.717) is 22.7 Å². The Morgan fingerprint density at radius 2 is 1.96 bits per heavy atom. The molecule has 0 atom stereocenters. The summed E-state index contributed by atoms with van der Waals surface area (Å²) in [5, 5.41) is 12.2. The molecule has 2 rings (SSSR count). The maximum absolute atomic E-state index is 12.5. The molecule has 2 aromatic carbocycles. The summed E-state index contributed by atoms with van der Waals surface area (Å²) in [7, 11) is 3.05. The van der Waals surface area contributed by atoms with Crippen molar-refractivity contribution in [3.05, 3.63) is 56.7 Å². The lowest BCUT2D eigenvalue weighted by Crippen LogP contribution is -2.14. The third-order valence-corrected chi connectivity index (χ3v) is 4.15. The van der Waals surface area contributed by atoms with Gasteiger partial charge in [-0.25, -0.2) is 0 Å². The van der Waals surface area contributed by atoms with Crippen LogP contribution in [0.4, 0.5) is 5.69 Å². The summed E-state index contributed by atoms with van der Waals surface area (Å²) >= 11 is 2.14. The molecule has 0 fully saturated rings. The number of amides is 1. The fourth-order valence-corrected chi connectivity index (χ4v) is 2.89. The Hall–Kier alpha value is -2.53. The zero-order valence-electron chi connectivity index (χ0n) is 14.1. The van der Waals surface area contributed by atoms with E-state index in [2.05, 4.69) is 27.9 Å². The number of aryl methyl sites for hydroxylation is 1. The highest BCUT2D eigenvalue weighted by molar-refractivity contribution is 14.1. The molecule has 0 aliphatic rings. The number of halogens is 1. The minimum atomic E-state index is -0.475. The van der Waals surface area contributed by atoms with Gasteiger partial charge in [0.1, 0.15) is 11.6 Å². The third kappa shape index (κ3) is 4.51. The molecule has 0 radical (unpaired) electrons. The zero-order chi connectivity index (χ0) is 18.4. The number of hydrogen-bond donors (Lipinski definition) is 1. The van der Waals surface area contributed by atoms with Gasteiger partial charge >= 0.3 is 0 Å². The van der Waals surface area contributed by atoms with Gasteiger partial charge < -0.3 is 14.8 Å². The van der Waals surface area contributed by atoms with Gasteiger partial charge in [-0.3, -0.25) is 4.79 Å². The number of carbonyl (C=O) groups excluding carboxylic acids is 1. The number of nitrogens with zero attached hydrogens (tertiary/aromatic N) is 1. The van der Waals surface area contributed by atoms with E-state index in [1.54, 1.807) is 6.07 Å². The van der Waals surface area contributed by atoms with Gasteiger partial charge in [0, 0.05) is 14.8 Å². The van der Waals surface area contributed by atoms with Crippen LogP contribution in [0.25, 0.3) is 6.08 Å². The van der Waals surface area contributed by atoms with Crippen molar-refractivity contribution in [1.82, 2.24) is 0 Å². The predicted molar refractivity (Wildman–Crippen MR) is 106 cm³/mol. The summed E-state index contributed by atoms with van der Waals surface area (Å²) in [5.74, 6) is 0.535. The smallest absolute Gasteiger partial charge is 0.266 e. The minimum absolute atomic E-state index is 0.0226. The average Bonchev–Trinajstić information content (AvgIpc) is 2.60. The van der Waals surface area contributed by atoms with E-state index in [-0.39, 0.29) is 5.57 Å². The van der Waals surface area contributed by atoms with E-state index < -0.39 is 5.91 Å². The van der Waals surface area contributed by atoms with Gasteiger partial charge in [0.05, 0.1) is 14.2 Å². The van der Waals surface area contributed by atoms with E-state index in [0.717, 1.165) is 9.13 Å². The second-order valence-corrected chi connectivity index (χ2v) is 6.42. The van der Waals surface area contributed by atoms with Crippen molar-refractivity contribution < 1.29 is 14.3 Å². The monoisotopic (exact) mass is 448 g/mol. The maximum atomic E-state index is 12.5. The molecule has 0 saturated heterocycles. The van der Waals surface area contributed by atoms with Gasteiger partial charge in [0.25, 0.3) is 5.91 Å². The Kier molecular flexibility index (Phi) is 6.42. The van der Waals surface area contributed by atoms with E-state index >= 15 is 0 Å². The SMILES string of the molecule is COc1cc(I)cc(/C=C(/C#N)C(=O)Nc2ccccc2C)c1OC. The van der Waals surface area contributed by atoms with Crippen molar-refractivity contribution in [2.75, 3.05) is 19.5 Å². The standard InChI is InChI=1S/C19H17IN2O3/c1-12-6-4-5-7-16(12)22-19(23)14(11-21)8-13-9-15(20)10-17(24-2)18(13)25-3/h4-10H,1-3H3,(H,22,23)/b14-8-. The zero-order valence-corrected chi connectivity index (χ0v) is 16.2. The highest BCUT2D eigenvalue weighted by Crippen LogP contribution is 2.34. The van der Waals surface area contributed by atoms with Crippen LogP contribution in [0.2, 0.25) is 0 Å². The number of benzene rings is 2. The van der Waals surface area contributed by atoms with Crippen LogP contribution < -0.4 is 14.8 Å². The molecule has 0 spiro atoms. The fraction of sp³-hybridized carbons (Fsp3) is 0.158. The lowest BCUT2D eigenvalue weighted by Gasteiger charge is -2.12. The molecule has 128 valence electrons. The Labute approximate surface area is 160 Å². The van der Waals surface area contributed by atoms with Crippen LogP contribution in [0.5, 0.6) is 11.5 Å². The van der Waals surface area contributed by atoms with Crippen LogP contribution in [0.3, 0.4) is 0 Å². The van der Waals surface area contributed by atoms with Crippen LogP contribution in [0, 0.1) is 21.8 Å². The van der Waals surface area contributed by atoms with Crippen LogP contribution in [-0.2, 0) is 4.79 Å². The van der Waals surface area contributed by atoms with Gasteiger partial charge in [-0.2, -0.15) is 5.26 Å². The lowest BCUT2D eigenvalue weighted by molar-refractivity contribution is -0.112. The molecule has 2 aromatic rings. The number of nitriles is 1. The number of methoxy groups -OCH3 is 2. The number of para-hydroxylation sites is 1. The highest BCUT2D eigenvalue weighted by Gasteiger charge is 2.15. The number of rotatable bonds is 5. The Bertz CT molecular complexity index is 869. The van der Waals surface area contributed by atoms with Gasteiger partial charge in [-0.1, -0.05) is 18.2 Å². The summed E-state index contributed by atoms with van der Waals surface area (Å²) < 4.78 is 11.6. The first-order valence-corrected chi connectivity index (χ1v) is 8.48. The fourth-order valence-electron chi connectivity index (χ4n) is 2.27. The molecule has 25 heavy (non-hydrogen) atoms. The number of anilines is 1. The predicted octanol–water partition coefficient (Wildman–Crippen LogP) is 4.16. The summed E-state index contributed by atoms with van der Waals surface area (Å²) in [6.45, 7) is 1.89. The minimum Gasteiger partial charge on any atom is -0.493 e. The summed E-state index contributed by atoms with van der Waals surface area (Å²) in [5.41, 5.74) is 2.16. The first-order valence-electron chi connectivity index (χ1n) is 7.40. The Morgan fingerprint density at radius 1 is 1.24 bits per heavy atom. The van der Waals surface area contributed by atoms with E-state index in [4.69, 9.17) is 9.47 Å². The van der Waals surface area contributed by atoms with Crippen LogP contribution in [-0.4, -0.2) is 20.1 Å². The molecule has 0 aromatic heterocycles. The van der Waals surface area contributed by atoms with Crippen LogP contribution >= 0.6 is 22.6 Å². The van der Waals surface area contributed by atoms with E-state index in [1.807, 2.05) is 43.3 Å². The molecule has 1 amide bonds. The van der Waals surface area contributed by atoms with Gasteiger partial charge in [0.15, 0.2) is 11.5 Å². The van der Waals surface area contributed by atoms with E-state index in [9.17, 15) is 10.1 Å². The normalized spacial score (nSPS) is 10.8. The van der Waals surface area contributed by atoms with Crippen molar-refractivity contribution >= 4 is 40.3 Å². The number of ether oxygens (including phenoxy) is 2. The van der Waals surface area contributed by atoms with Gasteiger partial charge in [0.2, 0.25) is 0 Å². The second-order valence-electron chi connectivity index (χ2n) is 5.17. The molecule has 1 N–H and O–H groups in total. The molecular weight excluding hydrogens is 431 g/mol. The molecule has 0 bridgehead atoms. The van der Waals surface area contributed by atoms with Crippen molar-refractivity contribution in [3.63, 3.8) is 0 Å².